The highest BCUT2D eigenvalue weighted by molar-refractivity contribution is 9.10. The van der Waals surface area contributed by atoms with Crippen LogP contribution in [0.5, 0.6) is 5.75 Å². The van der Waals surface area contributed by atoms with Gasteiger partial charge in [-0.3, -0.25) is 9.69 Å². The third-order valence-electron chi connectivity index (χ3n) is 4.11. The van der Waals surface area contributed by atoms with E-state index in [0.717, 1.165) is 10.5 Å². The van der Waals surface area contributed by atoms with E-state index < -0.39 is 17.9 Å². The smallest absolute Gasteiger partial charge is 0.335 e. The van der Waals surface area contributed by atoms with Gasteiger partial charge in [0.1, 0.15) is 18.1 Å². The largest absolute Gasteiger partial charge is 0.488 e. The summed E-state index contributed by atoms with van der Waals surface area (Å²) >= 11 is 3.43. The Morgan fingerprint density at radius 1 is 1.24 bits per heavy atom. The van der Waals surface area contributed by atoms with Crippen molar-refractivity contribution in [2.75, 3.05) is 6.54 Å². The van der Waals surface area contributed by atoms with Gasteiger partial charge in [0.25, 0.3) is 5.91 Å². The van der Waals surface area contributed by atoms with Gasteiger partial charge < -0.3 is 15.2 Å². The average Bonchev–Trinajstić information content (AvgIpc) is 2.95. The SMILES string of the molecule is C=CCN1C(=O)N/C(=C/c2ccc(OCc3cccc(C(=O)O)c3)c(Br)c2)C1=O. The van der Waals surface area contributed by atoms with Gasteiger partial charge in [-0.25, -0.2) is 9.59 Å². The van der Waals surface area contributed by atoms with Crippen LogP contribution in [-0.4, -0.2) is 34.5 Å². The molecule has 0 atom stereocenters. The van der Waals surface area contributed by atoms with Crippen molar-refractivity contribution in [3.8, 4) is 5.75 Å². The lowest BCUT2D eigenvalue weighted by atomic mass is 10.1. The Bertz CT molecular complexity index is 1030. The van der Waals surface area contributed by atoms with E-state index in [1.54, 1.807) is 42.5 Å². The standard InChI is InChI=1S/C21H17BrN2O5/c1-2-8-24-19(25)17(23-21(24)28)11-13-6-7-18(16(22)10-13)29-12-14-4-3-5-15(9-14)20(26)27/h2-7,9-11H,1,8,12H2,(H,23,28)(H,26,27)/b17-11+. The molecule has 1 saturated heterocycles. The Hall–Kier alpha value is -3.39. The van der Waals surface area contributed by atoms with E-state index in [9.17, 15) is 14.4 Å². The summed E-state index contributed by atoms with van der Waals surface area (Å²) in [6.07, 6.45) is 3.06. The molecule has 0 radical (unpaired) electrons. The number of carbonyl (C=O) groups excluding carboxylic acids is 2. The van der Waals surface area contributed by atoms with Crippen molar-refractivity contribution in [3.05, 3.63) is 82.0 Å². The predicted molar refractivity (Wildman–Crippen MR) is 110 cm³/mol. The van der Waals surface area contributed by atoms with Crippen LogP contribution in [0.25, 0.3) is 6.08 Å². The molecule has 0 spiro atoms. The number of carboxylic acid groups (broad SMARTS) is 1. The summed E-state index contributed by atoms with van der Waals surface area (Å²) in [6, 6.07) is 11.3. The van der Waals surface area contributed by atoms with Crippen LogP contribution in [0.15, 0.2) is 65.3 Å². The summed E-state index contributed by atoms with van der Waals surface area (Å²) in [5.74, 6) is -0.849. The molecule has 148 valence electrons. The molecule has 1 aliphatic heterocycles. The van der Waals surface area contributed by atoms with Crippen molar-refractivity contribution in [1.82, 2.24) is 10.2 Å². The van der Waals surface area contributed by atoms with Gasteiger partial charge >= 0.3 is 12.0 Å². The van der Waals surface area contributed by atoms with Gasteiger partial charge in [-0.05, 0) is 57.4 Å². The molecule has 2 aromatic rings. The van der Waals surface area contributed by atoms with Crippen LogP contribution in [0.4, 0.5) is 4.79 Å². The number of nitrogens with one attached hydrogen (secondary N) is 1. The lowest BCUT2D eigenvalue weighted by Gasteiger charge is -2.10. The zero-order valence-corrected chi connectivity index (χ0v) is 16.8. The number of carbonyl (C=O) groups is 3. The average molecular weight is 457 g/mol. The van der Waals surface area contributed by atoms with E-state index in [1.165, 1.54) is 12.1 Å². The van der Waals surface area contributed by atoms with Gasteiger partial charge in [0.2, 0.25) is 0 Å². The fourth-order valence-corrected chi connectivity index (χ4v) is 3.22. The van der Waals surface area contributed by atoms with Crippen LogP contribution in [0.2, 0.25) is 0 Å². The summed E-state index contributed by atoms with van der Waals surface area (Å²) in [5, 5.41) is 11.6. The van der Waals surface area contributed by atoms with Gasteiger partial charge in [-0.15, -0.1) is 6.58 Å². The summed E-state index contributed by atoms with van der Waals surface area (Å²) in [5.41, 5.74) is 1.80. The van der Waals surface area contributed by atoms with E-state index in [0.29, 0.717) is 15.8 Å². The second kappa shape index (κ2) is 8.74. The Labute approximate surface area is 175 Å². The predicted octanol–water partition coefficient (Wildman–Crippen LogP) is 3.81. The van der Waals surface area contributed by atoms with Crippen molar-refractivity contribution in [2.24, 2.45) is 0 Å². The number of carboxylic acids is 1. The number of benzene rings is 2. The number of urea groups is 1. The summed E-state index contributed by atoms with van der Waals surface area (Å²) in [4.78, 5) is 36.2. The number of hydrogen-bond acceptors (Lipinski definition) is 4. The van der Waals surface area contributed by atoms with Crippen molar-refractivity contribution >= 4 is 39.9 Å². The molecule has 3 rings (SSSR count). The molecule has 29 heavy (non-hydrogen) atoms. The maximum Gasteiger partial charge on any atom is 0.335 e. The van der Waals surface area contributed by atoms with Crippen LogP contribution in [0.3, 0.4) is 0 Å². The lowest BCUT2D eigenvalue weighted by Crippen LogP contribution is -2.30. The molecule has 1 fully saturated rings. The number of aromatic carboxylic acids is 1. The van der Waals surface area contributed by atoms with E-state index in [4.69, 9.17) is 9.84 Å². The van der Waals surface area contributed by atoms with Gasteiger partial charge in [0.05, 0.1) is 10.0 Å². The number of halogens is 1. The van der Waals surface area contributed by atoms with E-state index >= 15 is 0 Å². The van der Waals surface area contributed by atoms with Crippen LogP contribution >= 0.6 is 15.9 Å². The topological polar surface area (TPSA) is 95.9 Å². The van der Waals surface area contributed by atoms with E-state index in [1.807, 2.05) is 0 Å². The minimum atomic E-state index is -0.995. The minimum Gasteiger partial charge on any atom is -0.488 e. The molecule has 0 bridgehead atoms. The second-order valence-electron chi connectivity index (χ2n) is 6.18. The van der Waals surface area contributed by atoms with Gasteiger partial charge in [0, 0.05) is 6.54 Å². The maximum absolute atomic E-state index is 12.2. The van der Waals surface area contributed by atoms with Crippen LogP contribution in [0.1, 0.15) is 21.5 Å². The molecule has 8 heteroatoms. The molecule has 0 aliphatic carbocycles. The Morgan fingerprint density at radius 2 is 2.03 bits per heavy atom. The van der Waals surface area contributed by atoms with Crippen molar-refractivity contribution in [1.29, 1.82) is 0 Å². The number of ether oxygens (including phenoxy) is 1. The highest BCUT2D eigenvalue weighted by Gasteiger charge is 2.32. The highest BCUT2D eigenvalue weighted by Crippen LogP contribution is 2.28. The zero-order chi connectivity index (χ0) is 21.0. The fraction of sp³-hybridized carbons (Fsp3) is 0.0952. The summed E-state index contributed by atoms with van der Waals surface area (Å²) in [7, 11) is 0. The van der Waals surface area contributed by atoms with E-state index in [2.05, 4.69) is 27.8 Å². The first kappa shape index (κ1) is 20.3. The van der Waals surface area contributed by atoms with Crippen LogP contribution in [-0.2, 0) is 11.4 Å². The molecule has 2 N–H and O–H groups in total. The highest BCUT2D eigenvalue weighted by atomic mass is 79.9. The molecule has 0 saturated carbocycles. The van der Waals surface area contributed by atoms with Gasteiger partial charge in [0.15, 0.2) is 0 Å². The van der Waals surface area contributed by atoms with E-state index in [-0.39, 0.29) is 24.4 Å². The Morgan fingerprint density at radius 3 is 2.72 bits per heavy atom. The summed E-state index contributed by atoms with van der Waals surface area (Å²) in [6.45, 7) is 3.87. The number of amides is 3. The normalized spacial score (nSPS) is 14.8. The fourth-order valence-electron chi connectivity index (χ4n) is 2.71. The molecular weight excluding hydrogens is 440 g/mol. The monoisotopic (exact) mass is 456 g/mol. The molecule has 1 aliphatic rings. The third kappa shape index (κ3) is 4.72. The molecule has 2 aromatic carbocycles. The third-order valence-corrected chi connectivity index (χ3v) is 4.73. The zero-order valence-electron chi connectivity index (χ0n) is 15.2. The molecule has 7 nitrogen and oxygen atoms in total. The lowest BCUT2D eigenvalue weighted by molar-refractivity contribution is -0.122. The van der Waals surface area contributed by atoms with Crippen LogP contribution in [0, 0.1) is 0 Å². The number of rotatable bonds is 7. The molecular formula is C21H17BrN2O5. The first-order valence-corrected chi connectivity index (χ1v) is 9.38. The Balaban J connectivity index is 1.71. The molecule has 1 heterocycles. The molecule has 0 aromatic heterocycles. The van der Waals surface area contributed by atoms with Crippen molar-refractivity contribution < 1.29 is 24.2 Å². The van der Waals surface area contributed by atoms with Crippen molar-refractivity contribution in [3.63, 3.8) is 0 Å². The maximum atomic E-state index is 12.2. The second-order valence-corrected chi connectivity index (χ2v) is 7.03. The first-order chi connectivity index (χ1) is 13.9. The summed E-state index contributed by atoms with van der Waals surface area (Å²) < 4.78 is 6.41. The minimum absolute atomic E-state index is 0.140. The molecule has 0 unspecified atom stereocenters. The quantitative estimate of drug-likeness (QED) is 0.375. The van der Waals surface area contributed by atoms with Crippen molar-refractivity contribution in [2.45, 2.75) is 6.61 Å². The number of hydrogen-bond donors (Lipinski definition) is 2. The first-order valence-electron chi connectivity index (χ1n) is 8.59. The van der Waals surface area contributed by atoms with Gasteiger partial charge in [-0.2, -0.15) is 0 Å². The molecule has 3 amide bonds. The van der Waals surface area contributed by atoms with Crippen LogP contribution < -0.4 is 10.1 Å². The van der Waals surface area contributed by atoms with Gasteiger partial charge in [-0.1, -0.05) is 24.3 Å². The Kier molecular flexibility index (Phi) is 6.13. The number of nitrogens with zero attached hydrogens (tertiary/aromatic N) is 1. The number of imide groups is 1.